The standard InChI is InChI=1S/C20H15ClN6O2/c21-17-18(22-15-7-9-16(10-8-15)27(28)29)23-20(26-13-5-2-6-14-26)24-19(17)25-11-3-1-4-12-25/h1-14H,(H,22,23,24)/q+2. The molecule has 3 heterocycles. The van der Waals surface area contributed by atoms with Crippen LogP contribution >= 0.6 is 11.6 Å². The lowest BCUT2D eigenvalue weighted by Gasteiger charge is -2.06. The van der Waals surface area contributed by atoms with Crippen molar-refractivity contribution in [1.29, 1.82) is 0 Å². The summed E-state index contributed by atoms with van der Waals surface area (Å²) in [6.07, 6.45) is 7.34. The van der Waals surface area contributed by atoms with Crippen LogP contribution in [0.25, 0.3) is 11.8 Å². The molecule has 142 valence electrons. The highest BCUT2D eigenvalue weighted by Gasteiger charge is 2.27. The van der Waals surface area contributed by atoms with Crippen LogP contribution in [0.3, 0.4) is 0 Å². The highest BCUT2D eigenvalue weighted by atomic mass is 35.5. The monoisotopic (exact) mass is 406 g/mol. The molecule has 4 aromatic rings. The molecule has 0 spiro atoms. The molecule has 1 N–H and O–H groups in total. The van der Waals surface area contributed by atoms with Gasteiger partial charge in [-0.2, -0.15) is 4.57 Å². The van der Waals surface area contributed by atoms with E-state index in [0.29, 0.717) is 28.3 Å². The normalized spacial score (nSPS) is 10.5. The fraction of sp³-hybridized carbons (Fsp3) is 0. The third-order valence-electron chi connectivity index (χ3n) is 4.07. The van der Waals surface area contributed by atoms with Crippen molar-refractivity contribution in [2.45, 2.75) is 0 Å². The zero-order valence-electron chi connectivity index (χ0n) is 15.0. The van der Waals surface area contributed by atoms with E-state index in [1.165, 1.54) is 12.1 Å². The van der Waals surface area contributed by atoms with E-state index >= 15 is 0 Å². The Hall–Kier alpha value is -3.91. The molecule has 4 rings (SSSR count). The number of nitrogens with zero attached hydrogens (tertiary/aromatic N) is 5. The average Bonchev–Trinajstić information content (AvgIpc) is 2.77. The third kappa shape index (κ3) is 4.02. The molecule has 0 aliphatic rings. The van der Waals surface area contributed by atoms with Crippen LogP contribution in [0.4, 0.5) is 17.2 Å². The number of anilines is 2. The van der Waals surface area contributed by atoms with Gasteiger partial charge in [0.1, 0.15) is 0 Å². The van der Waals surface area contributed by atoms with Gasteiger partial charge in [-0.05, 0) is 41.4 Å². The average molecular weight is 407 g/mol. The zero-order valence-corrected chi connectivity index (χ0v) is 15.8. The largest absolute Gasteiger partial charge is 0.479 e. The molecule has 29 heavy (non-hydrogen) atoms. The molecule has 0 saturated carbocycles. The number of nitro groups is 1. The smallest absolute Gasteiger partial charge is 0.325 e. The van der Waals surface area contributed by atoms with Gasteiger partial charge in [-0.25, -0.2) is 4.57 Å². The van der Waals surface area contributed by atoms with Gasteiger partial charge in [0.05, 0.1) is 29.7 Å². The number of non-ortho nitro benzene ring substituents is 1. The molecule has 8 nitrogen and oxygen atoms in total. The first kappa shape index (κ1) is 18.5. The van der Waals surface area contributed by atoms with Gasteiger partial charge in [-0.1, -0.05) is 23.7 Å². The molecule has 3 aromatic heterocycles. The third-order valence-corrected chi connectivity index (χ3v) is 4.42. The molecule has 0 bridgehead atoms. The minimum absolute atomic E-state index is 0.00500. The predicted octanol–water partition coefficient (Wildman–Crippen LogP) is 3.34. The van der Waals surface area contributed by atoms with Crippen molar-refractivity contribution >= 4 is 28.8 Å². The summed E-state index contributed by atoms with van der Waals surface area (Å²) in [6.45, 7) is 0. The summed E-state index contributed by atoms with van der Waals surface area (Å²) >= 11 is 6.61. The first-order valence-corrected chi connectivity index (χ1v) is 9.02. The lowest BCUT2D eigenvalue weighted by Crippen LogP contribution is -2.37. The second-order valence-electron chi connectivity index (χ2n) is 6.00. The quantitative estimate of drug-likeness (QED) is 0.312. The zero-order chi connectivity index (χ0) is 20.2. The maximum Gasteiger partial charge on any atom is 0.479 e. The van der Waals surface area contributed by atoms with Crippen LogP contribution < -0.4 is 14.5 Å². The van der Waals surface area contributed by atoms with Crippen LogP contribution in [-0.2, 0) is 0 Å². The van der Waals surface area contributed by atoms with Gasteiger partial charge in [-0.3, -0.25) is 10.1 Å². The second-order valence-corrected chi connectivity index (χ2v) is 6.38. The van der Waals surface area contributed by atoms with Gasteiger partial charge in [-0.15, -0.1) is 0 Å². The second kappa shape index (κ2) is 7.99. The Balaban J connectivity index is 1.80. The predicted molar refractivity (Wildman–Crippen MR) is 106 cm³/mol. The van der Waals surface area contributed by atoms with E-state index in [9.17, 15) is 10.1 Å². The molecule has 9 heteroatoms. The van der Waals surface area contributed by atoms with Crippen molar-refractivity contribution in [3.8, 4) is 11.8 Å². The van der Waals surface area contributed by atoms with E-state index < -0.39 is 4.92 Å². The van der Waals surface area contributed by atoms with Crippen molar-refractivity contribution in [3.63, 3.8) is 0 Å². The summed E-state index contributed by atoms with van der Waals surface area (Å²) in [6, 6.07) is 17.3. The van der Waals surface area contributed by atoms with Crippen LogP contribution in [0.2, 0.25) is 5.02 Å². The first-order chi connectivity index (χ1) is 14.1. The van der Waals surface area contributed by atoms with Crippen LogP contribution in [-0.4, -0.2) is 14.9 Å². The number of halogens is 1. The minimum Gasteiger partial charge on any atom is -0.325 e. The number of hydrogen-bond donors (Lipinski definition) is 1. The SMILES string of the molecule is O=[N+]([O-])c1ccc(Nc2nc(-[n+]3ccccc3)nc(-[n+]3ccccc3)c2Cl)cc1. The lowest BCUT2D eigenvalue weighted by molar-refractivity contribution is -0.614. The molecular weight excluding hydrogens is 392 g/mol. The fourth-order valence-electron chi connectivity index (χ4n) is 2.67. The molecule has 0 aliphatic heterocycles. The summed E-state index contributed by atoms with van der Waals surface area (Å²) in [5.41, 5.74) is 0.620. The summed E-state index contributed by atoms with van der Waals surface area (Å²) < 4.78 is 3.56. The number of hydrogen-bond acceptors (Lipinski definition) is 5. The number of rotatable bonds is 5. The van der Waals surface area contributed by atoms with Gasteiger partial charge in [0.25, 0.3) is 5.69 Å². The van der Waals surface area contributed by atoms with Gasteiger partial charge in [0, 0.05) is 22.8 Å². The van der Waals surface area contributed by atoms with Gasteiger partial charge < -0.3 is 5.32 Å². The number of benzene rings is 1. The highest BCUT2D eigenvalue weighted by molar-refractivity contribution is 6.34. The number of pyridine rings is 2. The van der Waals surface area contributed by atoms with Gasteiger partial charge in [0.15, 0.2) is 5.02 Å². The van der Waals surface area contributed by atoms with E-state index in [2.05, 4.69) is 15.3 Å². The molecule has 0 saturated heterocycles. The molecule has 1 aromatic carbocycles. The van der Waals surface area contributed by atoms with E-state index in [4.69, 9.17) is 11.6 Å². The van der Waals surface area contributed by atoms with Crippen molar-refractivity contribution in [3.05, 3.63) is 101 Å². The first-order valence-electron chi connectivity index (χ1n) is 8.64. The van der Waals surface area contributed by atoms with E-state index in [1.54, 1.807) is 21.3 Å². The van der Waals surface area contributed by atoms with Crippen molar-refractivity contribution < 1.29 is 14.1 Å². The van der Waals surface area contributed by atoms with Gasteiger partial charge in [0.2, 0.25) is 5.82 Å². The lowest BCUT2D eigenvalue weighted by atomic mass is 10.3. The van der Waals surface area contributed by atoms with Gasteiger partial charge >= 0.3 is 11.8 Å². The summed E-state index contributed by atoms with van der Waals surface area (Å²) in [5, 5.41) is 14.3. The van der Waals surface area contributed by atoms with Crippen LogP contribution in [0.15, 0.2) is 85.5 Å². The molecule has 0 amide bonds. The molecule has 0 atom stereocenters. The molecule has 0 unspecified atom stereocenters. The Morgan fingerprint density at radius 3 is 2.03 bits per heavy atom. The fourth-order valence-corrected chi connectivity index (χ4v) is 2.90. The topological polar surface area (TPSA) is 88.7 Å². The van der Waals surface area contributed by atoms with E-state index in [-0.39, 0.29) is 5.69 Å². The maximum absolute atomic E-state index is 10.9. The number of aromatic nitrogens is 4. The number of nitrogens with one attached hydrogen (secondary N) is 1. The molecule has 0 radical (unpaired) electrons. The Morgan fingerprint density at radius 1 is 0.862 bits per heavy atom. The molecular formula is C20H15ClN6O2+2. The molecule has 0 aliphatic carbocycles. The summed E-state index contributed by atoms with van der Waals surface area (Å²) in [5.74, 6) is 1.30. The van der Waals surface area contributed by atoms with E-state index in [0.717, 1.165) is 0 Å². The Kier molecular flexibility index (Phi) is 5.08. The van der Waals surface area contributed by atoms with E-state index in [1.807, 2.05) is 61.2 Å². The van der Waals surface area contributed by atoms with Crippen LogP contribution in [0.1, 0.15) is 0 Å². The number of nitro benzene ring substituents is 1. The van der Waals surface area contributed by atoms with Crippen molar-refractivity contribution in [2.24, 2.45) is 0 Å². The minimum atomic E-state index is -0.449. The van der Waals surface area contributed by atoms with Crippen LogP contribution in [0.5, 0.6) is 0 Å². The summed E-state index contributed by atoms with van der Waals surface area (Å²) in [7, 11) is 0. The van der Waals surface area contributed by atoms with Crippen molar-refractivity contribution in [2.75, 3.05) is 5.32 Å². The summed E-state index contributed by atoms with van der Waals surface area (Å²) in [4.78, 5) is 19.6. The van der Waals surface area contributed by atoms with Crippen molar-refractivity contribution in [1.82, 2.24) is 9.97 Å². The van der Waals surface area contributed by atoms with Crippen LogP contribution in [0, 0.1) is 10.1 Å². The Bertz CT molecular complexity index is 1150. The highest BCUT2D eigenvalue weighted by Crippen LogP contribution is 2.27. The maximum atomic E-state index is 10.9. The Morgan fingerprint density at radius 2 is 1.45 bits per heavy atom. The molecule has 0 fully saturated rings. The Labute approximate surface area is 170 Å².